The first-order chi connectivity index (χ1) is 8.24. The SMILES string of the molecule is CN(CC(N)(C(N)=O)C1CC1)C1CCS(=O)(=O)C1. The van der Waals surface area contributed by atoms with Crippen LogP contribution in [0.2, 0.25) is 0 Å². The second-order valence-electron chi connectivity index (χ2n) is 5.65. The fourth-order valence-electron chi connectivity index (χ4n) is 2.67. The van der Waals surface area contributed by atoms with Crippen molar-refractivity contribution in [1.82, 2.24) is 4.90 Å². The lowest BCUT2D eigenvalue weighted by Gasteiger charge is -2.33. The highest BCUT2D eigenvalue weighted by atomic mass is 32.2. The van der Waals surface area contributed by atoms with Crippen molar-refractivity contribution in [1.29, 1.82) is 0 Å². The molecular formula is C11H21N3O3S. The highest BCUT2D eigenvalue weighted by molar-refractivity contribution is 7.91. The largest absolute Gasteiger partial charge is 0.368 e. The van der Waals surface area contributed by atoms with Crippen LogP contribution in [0.15, 0.2) is 0 Å². The van der Waals surface area contributed by atoms with E-state index in [1.165, 1.54) is 0 Å². The summed E-state index contributed by atoms with van der Waals surface area (Å²) in [6, 6.07) is -0.0453. The monoisotopic (exact) mass is 275 g/mol. The summed E-state index contributed by atoms with van der Waals surface area (Å²) in [6.07, 6.45) is 2.46. The Morgan fingerprint density at radius 2 is 2.00 bits per heavy atom. The van der Waals surface area contributed by atoms with Crippen LogP contribution in [0, 0.1) is 5.92 Å². The number of carbonyl (C=O) groups excluding carboxylic acids is 1. The normalized spacial score (nSPS) is 30.3. The van der Waals surface area contributed by atoms with Gasteiger partial charge < -0.3 is 16.4 Å². The molecule has 2 atom stereocenters. The lowest BCUT2D eigenvalue weighted by atomic mass is 9.92. The van der Waals surface area contributed by atoms with E-state index in [2.05, 4.69) is 0 Å². The summed E-state index contributed by atoms with van der Waals surface area (Å²) in [5, 5.41) is 0. The van der Waals surface area contributed by atoms with Gasteiger partial charge in [-0.1, -0.05) is 0 Å². The summed E-state index contributed by atoms with van der Waals surface area (Å²) in [5.41, 5.74) is 10.5. The maximum Gasteiger partial charge on any atom is 0.239 e. The van der Waals surface area contributed by atoms with Gasteiger partial charge in [-0.25, -0.2) is 8.42 Å². The molecule has 0 bridgehead atoms. The Morgan fingerprint density at radius 3 is 2.39 bits per heavy atom. The molecule has 1 aliphatic carbocycles. The molecule has 1 heterocycles. The Labute approximate surface area is 108 Å². The molecule has 6 nitrogen and oxygen atoms in total. The van der Waals surface area contributed by atoms with Gasteiger partial charge in [0.05, 0.1) is 11.5 Å². The van der Waals surface area contributed by atoms with Crippen LogP contribution in [0.1, 0.15) is 19.3 Å². The van der Waals surface area contributed by atoms with Gasteiger partial charge in [-0.3, -0.25) is 4.79 Å². The molecule has 2 unspecified atom stereocenters. The van der Waals surface area contributed by atoms with Crippen LogP contribution in [0.3, 0.4) is 0 Å². The predicted octanol–water partition coefficient (Wildman–Crippen LogP) is -1.30. The van der Waals surface area contributed by atoms with Gasteiger partial charge in [0.2, 0.25) is 5.91 Å². The summed E-state index contributed by atoms with van der Waals surface area (Å²) in [7, 11) is -1.10. The first-order valence-electron chi connectivity index (χ1n) is 6.24. The summed E-state index contributed by atoms with van der Waals surface area (Å²) < 4.78 is 22.9. The number of rotatable bonds is 5. The maximum atomic E-state index is 11.5. The molecule has 1 amide bonds. The van der Waals surface area contributed by atoms with E-state index in [1.54, 1.807) is 0 Å². The molecule has 0 aromatic heterocycles. The minimum absolute atomic E-state index is 0.0453. The van der Waals surface area contributed by atoms with Gasteiger partial charge in [0.1, 0.15) is 5.54 Å². The van der Waals surface area contributed by atoms with Crippen LogP contribution >= 0.6 is 0 Å². The van der Waals surface area contributed by atoms with Gasteiger partial charge in [0.25, 0.3) is 0 Å². The number of primary amides is 1. The number of amides is 1. The lowest BCUT2D eigenvalue weighted by molar-refractivity contribution is -0.124. The summed E-state index contributed by atoms with van der Waals surface area (Å²) in [6.45, 7) is 0.340. The molecule has 0 aromatic rings. The van der Waals surface area contributed by atoms with E-state index < -0.39 is 21.3 Å². The molecule has 0 radical (unpaired) electrons. The number of carbonyl (C=O) groups is 1. The van der Waals surface area contributed by atoms with Crippen molar-refractivity contribution in [3.63, 3.8) is 0 Å². The van der Waals surface area contributed by atoms with Crippen molar-refractivity contribution in [2.75, 3.05) is 25.1 Å². The molecule has 7 heteroatoms. The van der Waals surface area contributed by atoms with Gasteiger partial charge in [0.15, 0.2) is 9.84 Å². The van der Waals surface area contributed by atoms with Gasteiger partial charge >= 0.3 is 0 Å². The number of hydrogen-bond acceptors (Lipinski definition) is 5. The first kappa shape index (κ1) is 13.8. The molecule has 104 valence electrons. The first-order valence-corrected chi connectivity index (χ1v) is 8.06. The average Bonchev–Trinajstić information content (AvgIpc) is 3.03. The average molecular weight is 275 g/mol. The number of likely N-dealkylation sites (N-methyl/N-ethyl adjacent to an activating group) is 1. The highest BCUT2D eigenvalue weighted by Crippen LogP contribution is 2.39. The molecule has 18 heavy (non-hydrogen) atoms. The van der Waals surface area contributed by atoms with Crippen molar-refractivity contribution < 1.29 is 13.2 Å². The predicted molar refractivity (Wildman–Crippen MR) is 68.5 cm³/mol. The molecule has 1 saturated carbocycles. The molecule has 1 saturated heterocycles. The van der Waals surface area contributed by atoms with Crippen molar-refractivity contribution in [2.45, 2.75) is 30.8 Å². The van der Waals surface area contributed by atoms with Gasteiger partial charge in [-0.2, -0.15) is 0 Å². The van der Waals surface area contributed by atoms with Crippen LogP contribution in [0.5, 0.6) is 0 Å². The van der Waals surface area contributed by atoms with Crippen molar-refractivity contribution in [3.05, 3.63) is 0 Å². The van der Waals surface area contributed by atoms with Crippen molar-refractivity contribution in [2.24, 2.45) is 17.4 Å². The standard InChI is InChI=1S/C11H21N3O3S/c1-14(9-4-5-18(16,17)6-9)7-11(13,10(12)15)8-2-3-8/h8-9H,2-7,13H2,1H3,(H2,12,15). The number of nitrogens with zero attached hydrogens (tertiary/aromatic N) is 1. The van der Waals surface area contributed by atoms with Gasteiger partial charge in [0, 0.05) is 12.6 Å². The Bertz CT molecular complexity index is 446. The Balaban J connectivity index is 2.02. The zero-order valence-electron chi connectivity index (χ0n) is 10.6. The van der Waals surface area contributed by atoms with E-state index in [-0.39, 0.29) is 23.5 Å². The zero-order valence-corrected chi connectivity index (χ0v) is 11.4. The van der Waals surface area contributed by atoms with E-state index in [1.807, 2.05) is 11.9 Å². The summed E-state index contributed by atoms with van der Waals surface area (Å²) >= 11 is 0. The van der Waals surface area contributed by atoms with Crippen LogP contribution in [0.25, 0.3) is 0 Å². The minimum atomic E-state index is -2.92. The maximum absolute atomic E-state index is 11.5. The molecule has 0 aromatic carbocycles. The lowest BCUT2D eigenvalue weighted by Crippen LogP contribution is -2.61. The number of sulfone groups is 1. The van der Waals surface area contributed by atoms with E-state index in [0.717, 1.165) is 12.8 Å². The fraction of sp³-hybridized carbons (Fsp3) is 0.909. The van der Waals surface area contributed by atoms with Crippen LogP contribution in [0.4, 0.5) is 0 Å². The van der Waals surface area contributed by atoms with Crippen LogP contribution in [-0.4, -0.2) is 55.9 Å². The second kappa shape index (κ2) is 4.47. The van der Waals surface area contributed by atoms with E-state index >= 15 is 0 Å². The topological polar surface area (TPSA) is 106 Å². The number of nitrogens with two attached hydrogens (primary N) is 2. The summed E-state index contributed by atoms with van der Waals surface area (Å²) in [5.74, 6) is 0.0379. The third-order valence-corrected chi connectivity index (χ3v) is 5.86. The van der Waals surface area contributed by atoms with E-state index in [4.69, 9.17) is 11.5 Å². The molecule has 0 spiro atoms. The van der Waals surface area contributed by atoms with Gasteiger partial charge in [-0.15, -0.1) is 0 Å². The Kier molecular flexibility index (Phi) is 3.42. The molecule has 2 fully saturated rings. The molecule has 2 aliphatic rings. The van der Waals surface area contributed by atoms with E-state index in [9.17, 15) is 13.2 Å². The third kappa shape index (κ3) is 2.67. The van der Waals surface area contributed by atoms with Crippen LogP contribution < -0.4 is 11.5 Å². The molecular weight excluding hydrogens is 254 g/mol. The Hall–Kier alpha value is -0.660. The van der Waals surface area contributed by atoms with Gasteiger partial charge in [-0.05, 0) is 32.2 Å². The molecule has 4 N–H and O–H groups in total. The minimum Gasteiger partial charge on any atom is -0.368 e. The third-order valence-electron chi connectivity index (χ3n) is 4.11. The number of hydrogen-bond donors (Lipinski definition) is 2. The van der Waals surface area contributed by atoms with E-state index in [0.29, 0.717) is 13.0 Å². The Morgan fingerprint density at radius 1 is 1.39 bits per heavy atom. The highest BCUT2D eigenvalue weighted by Gasteiger charge is 2.48. The van der Waals surface area contributed by atoms with Crippen LogP contribution in [-0.2, 0) is 14.6 Å². The quantitative estimate of drug-likeness (QED) is 0.648. The zero-order chi connectivity index (χ0) is 13.6. The summed E-state index contributed by atoms with van der Waals surface area (Å²) in [4.78, 5) is 13.4. The molecule has 2 rings (SSSR count). The fourth-order valence-corrected chi connectivity index (χ4v) is 4.48. The van der Waals surface area contributed by atoms with Crippen molar-refractivity contribution in [3.8, 4) is 0 Å². The second-order valence-corrected chi connectivity index (χ2v) is 7.88. The smallest absolute Gasteiger partial charge is 0.239 e. The van der Waals surface area contributed by atoms with Crippen molar-refractivity contribution >= 4 is 15.7 Å². The molecule has 1 aliphatic heterocycles.